The van der Waals surface area contributed by atoms with Gasteiger partial charge in [-0.1, -0.05) is 12.1 Å². The molecule has 224 valence electrons. The lowest BCUT2D eigenvalue weighted by Gasteiger charge is -2.55. The molecule has 2 N–H and O–H groups in total. The molecule has 0 unspecified atom stereocenters. The number of aliphatic hydroxyl groups excluding tert-OH is 1. The standard InChI is InChI=1S/C35H46N4O3/c1-24-19-28(7-10-30(24)41)35-15-12-34(13-16-35,14-17-35)23-38(32(42)25-5-8-29(40)9-6-25)31-20-26(11-18-36-31)27-21-37-39(22-27)33(2,3)4/h7,10-11,18-22,25,29,40-41H,5-6,8-9,12-17,23H2,1-4H3. The van der Waals surface area contributed by atoms with Crippen LogP contribution in [-0.4, -0.2) is 43.5 Å². The van der Waals surface area contributed by atoms with Crippen molar-refractivity contribution in [1.29, 1.82) is 0 Å². The van der Waals surface area contributed by atoms with E-state index < -0.39 is 0 Å². The number of aliphatic hydroxyl groups is 1. The van der Waals surface area contributed by atoms with Crippen molar-refractivity contribution in [2.75, 3.05) is 11.4 Å². The van der Waals surface area contributed by atoms with Crippen LogP contribution in [0.5, 0.6) is 5.75 Å². The molecule has 7 rings (SSSR count). The topological polar surface area (TPSA) is 91.5 Å². The summed E-state index contributed by atoms with van der Waals surface area (Å²) >= 11 is 0. The summed E-state index contributed by atoms with van der Waals surface area (Å²) in [4.78, 5) is 21.0. The molecule has 4 saturated carbocycles. The van der Waals surface area contributed by atoms with Crippen LogP contribution < -0.4 is 4.90 Å². The zero-order valence-electron chi connectivity index (χ0n) is 25.6. The lowest BCUT2D eigenvalue weighted by molar-refractivity contribution is -0.124. The first kappa shape index (κ1) is 28.9. The number of benzene rings is 1. The third kappa shape index (κ3) is 5.48. The van der Waals surface area contributed by atoms with Crippen molar-refractivity contribution in [3.63, 3.8) is 0 Å². The Bertz CT molecular complexity index is 1420. The molecule has 1 aromatic carbocycles. The number of carbonyl (C=O) groups excluding carboxylic acids is 1. The molecule has 0 spiro atoms. The van der Waals surface area contributed by atoms with E-state index in [2.05, 4.69) is 50.3 Å². The summed E-state index contributed by atoms with van der Waals surface area (Å²) in [6, 6.07) is 10.2. The van der Waals surface area contributed by atoms with E-state index in [1.807, 2.05) is 41.0 Å². The number of phenolic OH excluding ortho intramolecular Hbond substituents is 1. The molecule has 7 nitrogen and oxygen atoms in total. The number of hydrogen-bond donors (Lipinski definition) is 2. The Morgan fingerprint density at radius 1 is 1.00 bits per heavy atom. The minimum Gasteiger partial charge on any atom is -0.508 e. The van der Waals surface area contributed by atoms with Crippen molar-refractivity contribution in [3.8, 4) is 16.9 Å². The predicted octanol–water partition coefficient (Wildman–Crippen LogP) is 6.89. The molecular formula is C35H46N4O3. The van der Waals surface area contributed by atoms with Crippen molar-refractivity contribution in [3.05, 3.63) is 60.0 Å². The van der Waals surface area contributed by atoms with Gasteiger partial charge in [0.2, 0.25) is 5.91 Å². The maximum atomic E-state index is 14.3. The highest BCUT2D eigenvalue weighted by atomic mass is 16.3. The van der Waals surface area contributed by atoms with Gasteiger partial charge in [-0.05, 0) is 138 Å². The van der Waals surface area contributed by atoms with Crippen molar-refractivity contribution in [2.45, 2.75) is 109 Å². The van der Waals surface area contributed by atoms with E-state index in [0.29, 0.717) is 25.1 Å². The molecule has 4 aliphatic rings. The summed E-state index contributed by atoms with van der Waals surface area (Å²) in [7, 11) is 0. The van der Waals surface area contributed by atoms with E-state index in [1.54, 1.807) is 0 Å². The smallest absolute Gasteiger partial charge is 0.231 e. The molecule has 2 heterocycles. The van der Waals surface area contributed by atoms with Crippen LogP contribution in [0.3, 0.4) is 0 Å². The number of pyridine rings is 1. The average Bonchev–Trinajstić information content (AvgIpc) is 3.50. The quantitative estimate of drug-likeness (QED) is 0.337. The number of aryl methyl sites for hydroxylation is 1. The van der Waals surface area contributed by atoms with Crippen LogP contribution in [0.4, 0.5) is 5.82 Å². The van der Waals surface area contributed by atoms with Crippen LogP contribution in [0.25, 0.3) is 11.1 Å². The highest BCUT2D eigenvalue weighted by Crippen LogP contribution is 2.58. The first-order valence-corrected chi connectivity index (χ1v) is 15.8. The Kier molecular flexibility index (Phi) is 7.45. The van der Waals surface area contributed by atoms with Crippen LogP contribution in [0, 0.1) is 18.3 Å². The van der Waals surface area contributed by atoms with Crippen molar-refractivity contribution in [2.24, 2.45) is 11.3 Å². The average molecular weight is 571 g/mol. The van der Waals surface area contributed by atoms with Gasteiger partial charge in [0, 0.05) is 30.4 Å². The number of aromatic nitrogens is 3. The summed E-state index contributed by atoms with van der Waals surface area (Å²) < 4.78 is 1.98. The fourth-order valence-electron chi connectivity index (χ4n) is 7.65. The van der Waals surface area contributed by atoms with E-state index in [1.165, 1.54) is 5.56 Å². The lowest BCUT2D eigenvalue weighted by atomic mass is 9.51. The number of rotatable bonds is 6. The first-order chi connectivity index (χ1) is 20.0. The predicted molar refractivity (Wildman–Crippen MR) is 165 cm³/mol. The van der Waals surface area contributed by atoms with Crippen LogP contribution in [0.15, 0.2) is 48.9 Å². The largest absolute Gasteiger partial charge is 0.508 e. The number of amides is 1. The van der Waals surface area contributed by atoms with E-state index >= 15 is 0 Å². The van der Waals surface area contributed by atoms with Crippen LogP contribution >= 0.6 is 0 Å². The van der Waals surface area contributed by atoms with Gasteiger partial charge in [0.25, 0.3) is 0 Å². The zero-order chi connectivity index (χ0) is 29.7. The molecule has 4 fully saturated rings. The summed E-state index contributed by atoms with van der Waals surface area (Å²) in [5.41, 5.74) is 4.45. The van der Waals surface area contributed by atoms with Gasteiger partial charge in [-0.2, -0.15) is 5.10 Å². The monoisotopic (exact) mass is 570 g/mol. The van der Waals surface area contributed by atoms with Crippen molar-refractivity contribution in [1.82, 2.24) is 14.8 Å². The van der Waals surface area contributed by atoms with E-state index in [9.17, 15) is 15.0 Å². The number of nitrogens with zero attached hydrogens (tertiary/aromatic N) is 4. The fraction of sp³-hybridized carbons (Fsp3) is 0.571. The maximum Gasteiger partial charge on any atom is 0.231 e. The Morgan fingerprint density at radius 3 is 2.31 bits per heavy atom. The van der Waals surface area contributed by atoms with Gasteiger partial charge in [0.1, 0.15) is 11.6 Å². The SMILES string of the molecule is Cc1cc(C23CCC(CN(C(=O)C4CCC(O)CC4)c4cc(-c5cnn(C(C)(C)C)c5)ccn4)(CC2)CC3)ccc1O. The first-order valence-electron chi connectivity index (χ1n) is 15.8. The van der Waals surface area contributed by atoms with Crippen molar-refractivity contribution < 1.29 is 15.0 Å². The molecule has 42 heavy (non-hydrogen) atoms. The van der Waals surface area contributed by atoms with Gasteiger partial charge in [-0.15, -0.1) is 0 Å². The molecule has 1 amide bonds. The lowest BCUT2D eigenvalue weighted by Crippen LogP contribution is -2.52. The fourth-order valence-corrected chi connectivity index (χ4v) is 7.65. The molecule has 0 aliphatic heterocycles. The molecule has 0 atom stereocenters. The highest BCUT2D eigenvalue weighted by Gasteiger charge is 2.50. The zero-order valence-corrected chi connectivity index (χ0v) is 25.6. The Morgan fingerprint density at radius 2 is 1.69 bits per heavy atom. The van der Waals surface area contributed by atoms with Gasteiger partial charge < -0.3 is 10.2 Å². The summed E-state index contributed by atoms with van der Waals surface area (Å²) in [6.45, 7) is 9.07. The normalized spacial score (nSPS) is 27.6. The molecule has 0 radical (unpaired) electrons. The summed E-state index contributed by atoms with van der Waals surface area (Å²) in [6.07, 6.45) is 14.9. The minimum atomic E-state index is -0.296. The minimum absolute atomic E-state index is 0.0758. The van der Waals surface area contributed by atoms with E-state index in [0.717, 1.165) is 73.9 Å². The van der Waals surface area contributed by atoms with Crippen molar-refractivity contribution >= 4 is 11.7 Å². The maximum absolute atomic E-state index is 14.3. The molecule has 7 heteroatoms. The van der Waals surface area contributed by atoms with Gasteiger partial charge in [-0.3, -0.25) is 14.4 Å². The van der Waals surface area contributed by atoms with Gasteiger partial charge >= 0.3 is 0 Å². The second kappa shape index (κ2) is 10.8. The highest BCUT2D eigenvalue weighted by molar-refractivity contribution is 5.95. The number of hydrogen-bond acceptors (Lipinski definition) is 5. The van der Waals surface area contributed by atoms with Crippen LogP contribution in [-0.2, 0) is 15.7 Å². The van der Waals surface area contributed by atoms with Gasteiger partial charge in [-0.25, -0.2) is 4.98 Å². The summed E-state index contributed by atoms with van der Waals surface area (Å²) in [5.74, 6) is 1.16. The number of fused-ring (bicyclic) bond motifs is 3. The summed E-state index contributed by atoms with van der Waals surface area (Å²) in [5, 5.41) is 24.8. The Labute approximate surface area is 250 Å². The van der Waals surface area contributed by atoms with Crippen LogP contribution in [0.2, 0.25) is 0 Å². The molecule has 2 bridgehead atoms. The van der Waals surface area contributed by atoms with E-state index in [4.69, 9.17) is 4.98 Å². The second-order valence-corrected chi connectivity index (χ2v) is 14.5. The third-order valence-corrected chi connectivity index (χ3v) is 10.6. The molecular weight excluding hydrogens is 524 g/mol. The Balaban J connectivity index is 1.28. The number of anilines is 1. The number of phenols is 1. The van der Waals surface area contributed by atoms with Gasteiger partial charge in [0.15, 0.2) is 0 Å². The second-order valence-electron chi connectivity index (χ2n) is 14.5. The van der Waals surface area contributed by atoms with Crippen LogP contribution in [0.1, 0.15) is 96.1 Å². The van der Waals surface area contributed by atoms with Gasteiger partial charge in [0.05, 0.1) is 17.8 Å². The number of aromatic hydroxyl groups is 1. The molecule has 4 aliphatic carbocycles. The molecule has 0 saturated heterocycles. The number of carbonyl (C=O) groups is 1. The Hall–Kier alpha value is -3.19. The van der Waals surface area contributed by atoms with E-state index in [-0.39, 0.29) is 34.3 Å². The molecule has 3 aromatic rings. The third-order valence-electron chi connectivity index (χ3n) is 10.6. The molecule has 2 aromatic heterocycles.